The van der Waals surface area contributed by atoms with Gasteiger partial charge in [-0.25, -0.2) is 4.98 Å². The molecule has 0 unspecified atom stereocenters. The smallest absolute Gasteiger partial charge is 0.213 e. The van der Waals surface area contributed by atoms with Crippen LogP contribution < -0.4 is 20.1 Å². The Bertz CT molecular complexity index is 748. The van der Waals surface area contributed by atoms with Gasteiger partial charge in [-0.2, -0.15) is 0 Å². The number of hydrogen-bond acceptors (Lipinski definition) is 4. The molecule has 0 saturated carbocycles. The average molecular weight is 496 g/mol. The van der Waals surface area contributed by atoms with Crippen LogP contribution in [0.1, 0.15) is 25.0 Å². The van der Waals surface area contributed by atoms with Crippen LogP contribution in [-0.4, -0.2) is 30.7 Å². The molecule has 2 N–H and O–H groups in total. The number of halogens is 1. The first-order chi connectivity index (χ1) is 13.1. The summed E-state index contributed by atoms with van der Waals surface area (Å²) < 4.78 is 11.2. The molecule has 0 saturated heterocycles. The predicted molar refractivity (Wildman–Crippen MR) is 125 cm³/mol. The number of aromatic nitrogens is 1. The summed E-state index contributed by atoms with van der Waals surface area (Å²) in [5.74, 6) is 2.17. The quantitative estimate of drug-likeness (QED) is 0.239. The highest BCUT2D eigenvalue weighted by Crippen LogP contribution is 2.17. The van der Waals surface area contributed by atoms with E-state index in [0.29, 0.717) is 31.5 Å². The Morgan fingerprint density at radius 1 is 1.18 bits per heavy atom. The second-order valence-electron chi connectivity index (χ2n) is 6.16. The first kappa shape index (κ1) is 23.7. The fraction of sp³-hybridized carbons (Fsp3) is 0.333. The summed E-state index contributed by atoms with van der Waals surface area (Å²) in [5, 5.41) is 6.58. The maximum Gasteiger partial charge on any atom is 0.213 e. The number of benzene rings is 1. The molecule has 1 aromatic carbocycles. The standard InChI is InChI=1S/C21H28N4O2.HI/c1-5-12-26-19-9-7-6-8-18(19)15-25-21(22-4)24-14-17-10-11-20(23-13-17)27-16(2)3;/h5-11,13,16H,1,12,14-15H2,2-4H3,(H2,22,24,25);1H. The van der Waals surface area contributed by atoms with Gasteiger partial charge in [0.1, 0.15) is 12.4 Å². The van der Waals surface area contributed by atoms with Crippen LogP contribution in [0.25, 0.3) is 0 Å². The van der Waals surface area contributed by atoms with Crippen molar-refractivity contribution in [3.63, 3.8) is 0 Å². The van der Waals surface area contributed by atoms with E-state index in [1.807, 2.05) is 50.2 Å². The zero-order valence-corrected chi connectivity index (χ0v) is 19.0. The molecule has 2 aromatic rings. The monoisotopic (exact) mass is 496 g/mol. The lowest BCUT2D eigenvalue weighted by Crippen LogP contribution is -2.36. The highest BCUT2D eigenvalue weighted by Gasteiger charge is 2.05. The molecule has 0 radical (unpaired) electrons. The van der Waals surface area contributed by atoms with Gasteiger partial charge in [0.2, 0.25) is 5.88 Å². The minimum atomic E-state index is 0. The van der Waals surface area contributed by atoms with Gasteiger partial charge in [-0.05, 0) is 25.5 Å². The van der Waals surface area contributed by atoms with Crippen LogP contribution in [0.4, 0.5) is 0 Å². The van der Waals surface area contributed by atoms with Crippen LogP contribution in [0, 0.1) is 0 Å². The highest BCUT2D eigenvalue weighted by molar-refractivity contribution is 14.0. The lowest BCUT2D eigenvalue weighted by Gasteiger charge is -2.14. The summed E-state index contributed by atoms with van der Waals surface area (Å²) in [6.07, 6.45) is 3.65. The highest BCUT2D eigenvalue weighted by atomic mass is 127. The van der Waals surface area contributed by atoms with Crippen molar-refractivity contribution in [3.05, 3.63) is 66.4 Å². The fourth-order valence-electron chi connectivity index (χ4n) is 2.35. The normalized spacial score (nSPS) is 10.8. The maximum atomic E-state index is 5.68. The summed E-state index contributed by atoms with van der Waals surface area (Å²) in [5.41, 5.74) is 2.10. The molecule has 1 aromatic heterocycles. The van der Waals surface area contributed by atoms with Crippen molar-refractivity contribution < 1.29 is 9.47 Å². The lowest BCUT2D eigenvalue weighted by molar-refractivity contribution is 0.232. The number of aliphatic imine (C=N–C) groups is 1. The van der Waals surface area contributed by atoms with Crippen LogP contribution in [0.5, 0.6) is 11.6 Å². The zero-order chi connectivity index (χ0) is 19.5. The van der Waals surface area contributed by atoms with Crippen LogP contribution in [-0.2, 0) is 13.1 Å². The summed E-state index contributed by atoms with van der Waals surface area (Å²) >= 11 is 0. The minimum Gasteiger partial charge on any atom is -0.489 e. The Balaban J connectivity index is 0.00000392. The van der Waals surface area contributed by atoms with Gasteiger partial charge in [0.25, 0.3) is 0 Å². The molecule has 0 spiro atoms. The van der Waals surface area contributed by atoms with Crippen molar-refractivity contribution >= 4 is 29.9 Å². The summed E-state index contributed by atoms with van der Waals surface area (Å²) in [6.45, 7) is 9.34. The predicted octanol–water partition coefficient (Wildman–Crippen LogP) is 3.92. The molecule has 1 heterocycles. The van der Waals surface area contributed by atoms with Gasteiger partial charge in [0.15, 0.2) is 5.96 Å². The van der Waals surface area contributed by atoms with Gasteiger partial charge < -0.3 is 20.1 Å². The Kier molecular flexibility index (Phi) is 11.0. The van der Waals surface area contributed by atoms with Crippen molar-refractivity contribution in [1.82, 2.24) is 15.6 Å². The largest absolute Gasteiger partial charge is 0.489 e. The Labute approximate surface area is 184 Å². The van der Waals surface area contributed by atoms with Crippen LogP contribution in [0.15, 0.2) is 60.2 Å². The summed E-state index contributed by atoms with van der Waals surface area (Å²) in [7, 11) is 1.74. The molecule has 0 amide bonds. The van der Waals surface area contributed by atoms with E-state index < -0.39 is 0 Å². The molecule has 152 valence electrons. The maximum absolute atomic E-state index is 5.68. The molecule has 6 nitrogen and oxygen atoms in total. The molecule has 2 rings (SSSR count). The van der Waals surface area contributed by atoms with Crippen molar-refractivity contribution in [2.24, 2.45) is 4.99 Å². The third-order valence-electron chi connectivity index (χ3n) is 3.61. The van der Waals surface area contributed by atoms with E-state index in [1.165, 1.54) is 0 Å². The van der Waals surface area contributed by atoms with E-state index in [1.54, 1.807) is 19.3 Å². The molecule has 0 bridgehead atoms. The third-order valence-corrected chi connectivity index (χ3v) is 3.61. The first-order valence-corrected chi connectivity index (χ1v) is 9.00. The molecule has 0 atom stereocenters. The molecule has 0 aliphatic carbocycles. The number of nitrogens with zero attached hydrogens (tertiary/aromatic N) is 2. The number of ether oxygens (including phenoxy) is 2. The topological polar surface area (TPSA) is 67.8 Å². The second-order valence-corrected chi connectivity index (χ2v) is 6.16. The van der Waals surface area contributed by atoms with Crippen molar-refractivity contribution in [3.8, 4) is 11.6 Å². The Morgan fingerprint density at radius 3 is 2.57 bits per heavy atom. The van der Waals surface area contributed by atoms with E-state index in [2.05, 4.69) is 27.2 Å². The van der Waals surface area contributed by atoms with Crippen molar-refractivity contribution in [1.29, 1.82) is 0 Å². The van der Waals surface area contributed by atoms with Crippen LogP contribution in [0.2, 0.25) is 0 Å². The van der Waals surface area contributed by atoms with E-state index in [0.717, 1.165) is 16.9 Å². The number of para-hydroxylation sites is 1. The number of pyridine rings is 1. The summed E-state index contributed by atoms with van der Waals surface area (Å²) in [6, 6.07) is 11.8. The lowest BCUT2D eigenvalue weighted by atomic mass is 10.2. The third kappa shape index (κ3) is 8.16. The number of rotatable bonds is 9. The molecule has 28 heavy (non-hydrogen) atoms. The number of guanidine groups is 1. The van der Waals surface area contributed by atoms with Crippen molar-refractivity contribution in [2.75, 3.05) is 13.7 Å². The van der Waals surface area contributed by atoms with Crippen LogP contribution >= 0.6 is 24.0 Å². The SMILES string of the molecule is C=CCOc1ccccc1CNC(=NC)NCc1ccc(OC(C)C)nc1.I. The molecule has 7 heteroatoms. The fourth-order valence-corrected chi connectivity index (χ4v) is 2.35. The van der Waals surface area contributed by atoms with Gasteiger partial charge >= 0.3 is 0 Å². The Morgan fingerprint density at radius 2 is 1.93 bits per heavy atom. The Hall–Kier alpha value is -2.29. The second kappa shape index (κ2) is 13.0. The van der Waals surface area contributed by atoms with Crippen molar-refractivity contribution in [2.45, 2.75) is 33.0 Å². The molecular weight excluding hydrogens is 467 g/mol. The molecule has 0 aliphatic rings. The molecule has 0 aliphatic heterocycles. The first-order valence-electron chi connectivity index (χ1n) is 9.00. The van der Waals surface area contributed by atoms with Gasteiger partial charge in [0.05, 0.1) is 6.10 Å². The van der Waals surface area contributed by atoms with Gasteiger partial charge in [-0.15, -0.1) is 24.0 Å². The van der Waals surface area contributed by atoms with Gasteiger partial charge in [-0.1, -0.05) is 36.9 Å². The van der Waals surface area contributed by atoms with E-state index in [-0.39, 0.29) is 30.1 Å². The van der Waals surface area contributed by atoms with E-state index in [9.17, 15) is 0 Å². The molecular formula is C21H29IN4O2. The average Bonchev–Trinajstić information content (AvgIpc) is 2.68. The van der Waals surface area contributed by atoms with E-state index in [4.69, 9.17) is 9.47 Å². The molecule has 0 fully saturated rings. The van der Waals surface area contributed by atoms with Crippen LogP contribution in [0.3, 0.4) is 0 Å². The number of nitrogens with one attached hydrogen (secondary N) is 2. The minimum absolute atomic E-state index is 0. The zero-order valence-electron chi connectivity index (χ0n) is 16.6. The summed E-state index contributed by atoms with van der Waals surface area (Å²) in [4.78, 5) is 8.57. The van der Waals surface area contributed by atoms with E-state index >= 15 is 0 Å². The van der Waals surface area contributed by atoms with Gasteiger partial charge in [0, 0.05) is 38.0 Å². The van der Waals surface area contributed by atoms with Gasteiger partial charge in [-0.3, -0.25) is 4.99 Å². The number of hydrogen-bond donors (Lipinski definition) is 2.